The van der Waals surface area contributed by atoms with Gasteiger partial charge in [0.25, 0.3) is 0 Å². The Labute approximate surface area is 126 Å². The van der Waals surface area contributed by atoms with Gasteiger partial charge in [0.2, 0.25) is 0 Å². The van der Waals surface area contributed by atoms with Gasteiger partial charge in [-0.25, -0.2) is 0 Å². The van der Waals surface area contributed by atoms with E-state index in [9.17, 15) is 13.2 Å². The lowest BCUT2D eigenvalue weighted by Crippen LogP contribution is -2.27. The molecule has 1 N–H and O–H groups in total. The van der Waals surface area contributed by atoms with Crippen LogP contribution >= 0.6 is 15.9 Å². The fraction of sp³-hybridized carbons (Fsp3) is 0.600. The summed E-state index contributed by atoms with van der Waals surface area (Å²) in [6, 6.07) is 4.30. The summed E-state index contributed by atoms with van der Waals surface area (Å²) >= 11 is 3.16. The molecule has 5 heteroatoms. The third kappa shape index (κ3) is 4.14. The molecule has 2 unspecified atom stereocenters. The van der Waals surface area contributed by atoms with E-state index in [2.05, 4.69) is 28.2 Å². The van der Waals surface area contributed by atoms with Crippen molar-refractivity contribution in [2.75, 3.05) is 5.32 Å². The first-order chi connectivity index (χ1) is 9.38. The van der Waals surface area contributed by atoms with Crippen LogP contribution in [0.4, 0.5) is 18.9 Å². The molecule has 1 fully saturated rings. The van der Waals surface area contributed by atoms with Crippen LogP contribution in [-0.4, -0.2) is 6.04 Å². The van der Waals surface area contributed by atoms with Gasteiger partial charge >= 0.3 is 6.18 Å². The molecule has 1 aliphatic carbocycles. The van der Waals surface area contributed by atoms with Gasteiger partial charge < -0.3 is 5.32 Å². The lowest BCUT2D eigenvalue weighted by atomic mass is 9.84. The molecule has 0 aromatic heterocycles. The molecule has 2 rings (SSSR count). The maximum absolute atomic E-state index is 12.8. The van der Waals surface area contributed by atoms with Crippen LogP contribution in [0.1, 0.15) is 44.6 Å². The number of hydrogen-bond acceptors (Lipinski definition) is 1. The van der Waals surface area contributed by atoms with Crippen LogP contribution < -0.4 is 5.32 Å². The van der Waals surface area contributed by atoms with Crippen LogP contribution in [0.15, 0.2) is 22.7 Å². The van der Waals surface area contributed by atoms with Crippen molar-refractivity contribution in [2.45, 2.75) is 51.2 Å². The molecule has 1 saturated carbocycles. The average Bonchev–Trinajstić information content (AvgIpc) is 2.37. The Balaban J connectivity index is 2.11. The first kappa shape index (κ1) is 15.7. The number of benzene rings is 1. The van der Waals surface area contributed by atoms with Gasteiger partial charge in [-0.05, 0) is 37.0 Å². The maximum Gasteiger partial charge on any atom is 0.416 e. The third-order valence-electron chi connectivity index (χ3n) is 3.96. The van der Waals surface area contributed by atoms with E-state index in [1.54, 1.807) is 6.07 Å². The van der Waals surface area contributed by atoms with Crippen LogP contribution in [0.2, 0.25) is 0 Å². The fourth-order valence-corrected chi connectivity index (χ4v) is 3.36. The number of anilines is 1. The Morgan fingerprint density at radius 3 is 2.65 bits per heavy atom. The minimum absolute atomic E-state index is 0.282. The molecule has 20 heavy (non-hydrogen) atoms. The van der Waals surface area contributed by atoms with Crippen molar-refractivity contribution in [3.05, 3.63) is 28.2 Å². The average molecular weight is 350 g/mol. The summed E-state index contributed by atoms with van der Waals surface area (Å²) in [6.45, 7) is 2.17. The quantitative estimate of drug-likeness (QED) is 0.721. The Hall–Kier alpha value is -0.710. The van der Waals surface area contributed by atoms with E-state index in [-0.39, 0.29) is 6.04 Å². The summed E-state index contributed by atoms with van der Waals surface area (Å²) in [5.41, 5.74) is -0.0642. The first-order valence-electron chi connectivity index (χ1n) is 7.03. The number of hydrogen-bond donors (Lipinski definition) is 1. The molecule has 1 aliphatic rings. The summed E-state index contributed by atoms with van der Waals surface area (Å²) in [6.07, 6.45) is 1.30. The monoisotopic (exact) mass is 349 g/mol. The summed E-state index contributed by atoms with van der Waals surface area (Å²) in [5, 5.41) is 3.27. The molecule has 1 aromatic rings. The normalized spacial score (nSPS) is 23.6. The van der Waals surface area contributed by atoms with E-state index in [0.717, 1.165) is 31.7 Å². The lowest BCUT2D eigenvalue weighted by Gasteiger charge is -2.30. The van der Waals surface area contributed by atoms with Gasteiger partial charge in [0.15, 0.2) is 0 Å². The van der Waals surface area contributed by atoms with Crippen molar-refractivity contribution < 1.29 is 13.2 Å². The maximum atomic E-state index is 12.8. The molecule has 0 heterocycles. The SMILES string of the molecule is CCC1CCCC(Nc2cc(Br)cc(C(F)(F)F)c2)C1. The van der Waals surface area contributed by atoms with Gasteiger partial charge in [-0.3, -0.25) is 0 Å². The van der Waals surface area contributed by atoms with Gasteiger partial charge in [0.1, 0.15) is 0 Å². The zero-order valence-electron chi connectivity index (χ0n) is 11.4. The number of rotatable bonds is 3. The lowest BCUT2D eigenvalue weighted by molar-refractivity contribution is -0.137. The predicted molar refractivity (Wildman–Crippen MR) is 78.8 cm³/mol. The molecule has 0 saturated heterocycles. The summed E-state index contributed by atoms with van der Waals surface area (Å²) < 4.78 is 38.8. The van der Waals surface area contributed by atoms with Gasteiger partial charge in [0.05, 0.1) is 5.56 Å². The van der Waals surface area contributed by atoms with Gasteiger partial charge in [0, 0.05) is 16.2 Å². The van der Waals surface area contributed by atoms with Crippen LogP contribution in [0.5, 0.6) is 0 Å². The van der Waals surface area contributed by atoms with Gasteiger partial charge in [-0.1, -0.05) is 42.1 Å². The Morgan fingerprint density at radius 2 is 2.00 bits per heavy atom. The molecule has 0 spiro atoms. The van der Waals surface area contributed by atoms with Crippen molar-refractivity contribution in [2.24, 2.45) is 5.92 Å². The number of halogens is 4. The topological polar surface area (TPSA) is 12.0 Å². The van der Waals surface area contributed by atoms with Gasteiger partial charge in [-0.2, -0.15) is 13.2 Å². The van der Waals surface area contributed by atoms with Crippen LogP contribution in [0.3, 0.4) is 0 Å². The van der Waals surface area contributed by atoms with E-state index >= 15 is 0 Å². The molecule has 0 amide bonds. The van der Waals surface area contributed by atoms with Gasteiger partial charge in [-0.15, -0.1) is 0 Å². The molecule has 0 radical (unpaired) electrons. The summed E-state index contributed by atoms with van der Waals surface area (Å²) in [7, 11) is 0. The number of alkyl halides is 3. The minimum atomic E-state index is -4.31. The van der Waals surface area contributed by atoms with Crippen LogP contribution in [0.25, 0.3) is 0 Å². The highest BCUT2D eigenvalue weighted by Gasteiger charge is 2.31. The van der Waals surface area contributed by atoms with Crippen LogP contribution in [-0.2, 0) is 6.18 Å². The Bertz CT molecular complexity index is 459. The zero-order valence-corrected chi connectivity index (χ0v) is 13.0. The second kappa shape index (κ2) is 6.37. The van der Waals surface area contributed by atoms with E-state index in [1.807, 2.05) is 0 Å². The van der Waals surface area contributed by atoms with Crippen molar-refractivity contribution in [1.82, 2.24) is 0 Å². The molecule has 1 aromatic carbocycles. The molecule has 2 atom stereocenters. The highest BCUT2D eigenvalue weighted by atomic mass is 79.9. The third-order valence-corrected chi connectivity index (χ3v) is 4.41. The first-order valence-corrected chi connectivity index (χ1v) is 7.82. The smallest absolute Gasteiger partial charge is 0.382 e. The second-order valence-electron chi connectivity index (χ2n) is 5.51. The van der Waals surface area contributed by atoms with E-state index < -0.39 is 11.7 Å². The van der Waals surface area contributed by atoms with E-state index in [4.69, 9.17) is 0 Å². The Kier molecular flexibility index (Phi) is 4.99. The van der Waals surface area contributed by atoms with E-state index in [0.29, 0.717) is 16.1 Å². The van der Waals surface area contributed by atoms with Crippen molar-refractivity contribution in [3.63, 3.8) is 0 Å². The molecule has 112 valence electrons. The molecular weight excluding hydrogens is 331 g/mol. The Morgan fingerprint density at radius 1 is 1.25 bits per heavy atom. The molecule has 0 bridgehead atoms. The predicted octanol–water partition coefficient (Wildman–Crippen LogP) is 5.85. The fourth-order valence-electron chi connectivity index (χ4n) is 2.87. The zero-order chi connectivity index (χ0) is 14.8. The van der Waals surface area contributed by atoms with Crippen molar-refractivity contribution >= 4 is 21.6 Å². The van der Waals surface area contributed by atoms with Crippen molar-refractivity contribution in [1.29, 1.82) is 0 Å². The number of nitrogens with one attached hydrogen (secondary N) is 1. The minimum Gasteiger partial charge on any atom is -0.382 e. The van der Waals surface area contributed by atoms with E-state index in [1.165, 1.54) is 12.5 Å². The second-order valence-corrected chi connectivity index (χ2v) is 6.42. The molecular formula is C15H19BrF3N. The largest absolute Gasteiger partial charge is 0.416 e. The highest BCUT2D eigenvalue weighted by Crippen LogP contribution is 2.35. The standard InChI is InChI=1S/C15H19BrF3N/c1-2-10-4-3-5-13(6-10)20-14-8-11(15(17,18)19)7-12(16)9-14/h7-10,13,20H,2-6H2,1H3. The molecule has 1 nitrogen and oxygen atoms in total. The van der Waals surface area contributed by atoms with Crippen molar-refractivity contribution in [3.8, 4) is 0 Å². The summed E-state index contributed by atoms with van der Waals surface area (Å²) in [4.78, 5) is 0. The highest BCUT2D eigenvalue weighted by molar-refractivity contribution is 9.10. The molecule has 0 aliphatic heterocycles. The van der Waals surface area contributed by atoms with Crippen LogP contribution in [0, 0.1) is 5.92 Å². The summed E-state index contributed by atoms with van der Waals surface area (Å²) in [5.74, 6) is 0.690.